The van der Waals surface area contributed by atoms with E-state index in [1.807, 2.05) is 0 Å². The van der Waals surface area contributed by atoms with E-state index in [2.05, 4.69) is 20.5 Å². The molecule has 2 aromatic heterocycles. The van der Waals surface area contributed by atoms with Crippen LogP contribution in [0.3, 0.4) is 0 Å². The minimum Gasteiger partial charge on any atom is -0.301 e. The maximum absolute atomic E-state index is 13.7. The van der Waals surface area contributed by atoms with E-state index < -0.39 is 23.4 Å². The summed E-state index contributed by atoms with van der Waals surface area (Å²) >= 11 is 1.90. The van der Waals surface area contributed by atoms with Gasteiger partial charge in [0.05, 0.1) is 10.5 Å². The average molecular weight is 401 g/mol. The number of rotatable bonds is 5. The third-order valence-corrected chi connectivity index (χ3v) is 5.55. The molecule has 1 aliphatic rings. The fourth-order valence-electron chi connectivity index (χ4n) is 2.36. The Morgan fingerprint density at radius 3 is 2.88 bits per heavy atom. The van der Waals surface area contributed by atoms with E-state index in [0.29, 0.717) is 5.16 Å². The molecule has 136 valence electrons. The molecule has 1 fully saturated rings. The highest BCUT2D eigenvalue weighted by Gasteiger charge is 2.28. The lowest BCUT2D eigenvalue weighted by atomic mass is 10.3. The van der Waals surface area contributed by atoms with Gasteiger partial charge >= 0.3 is 5.69 Å². The second-order valence-corrected chi connectivity index (χ2v) is 7.57. The van der Waals surface area contributed by atoms with Gasteiger partial charge in [0.15, 0.2) is 27.7 Å². The number of halogens is 3. The summed E-state index contributed by atoms with van der Waals surface area (Å²) < 4.78 is 41.7. The standard InChI is InChI=1S/C14H10F3N5O2S2/c15-6-3-7-11(10(17)9(6)16)19-12(26-7)18-8(23)4-25-14-21-20-13(24)22(14)5-1-2-5/h3,5H,1-2,4H2,(H,20,24)(H,18,19,23). The number of nitrogens with zero attached hydrogens (tertiary/aromatic N) is 3. The van der Waals surface area contributed by atoms with Crippen LogP contribution in [0.4, 0.5) is 18.3 Å². The van der Waals surface area contributed by atoms with Crippen molar-refractivity contribution >= 4 is 44.4 Å². The molecule has 1 amide bonds. The van der Waals surface area contributed by atoms with Crippen molar-refractivity contribution in [2.75, 3.05) is 11.1 Å². The number of aromatic amines is 1. The maximum Gasteiger partial charge on any atom is 0.344 e. The second kappa shape index (κ2) is 6.43. The lowest BCUT2D eigenvalue weighted by Gasteiger charge is -2.03. The van der Waals surface area contributed by atoms with Gasteiger partial charge in [-0.05, 0) is 18.9 Å². The topological polar surface area (TPSA) is 92.7 Å². The van der Waals surface area contributed by atoms with Gasteiger partial charge in [0.2, 0.25) is 5.91 Å². The molecule has 2 N–H and O–H groups in total. The summed E-state index contributed by atoms with van der Waals surface area (Å²) in [5.74, 6) is -4.83. The minimum atomic E-state index is -1.60. The number of thiazole rings is 1. The summed E-state index contributed by atoms with van der Waals surface area (Å²) in [4.78, 5) is 27.5. The van der Waals surface area contributed by atoms with Gasteiger partial charge in [-0.15, -0.1) is 5.10 Å². The molecule has 0 bridgehead atoms. The predicted molar refractivity (Wildman–Crippen MR) is 90.0 cm³/mol. The van der Waals surface area contributed by atoms with Gasteiger partial charge in [0.25, 0.3) is 0 Å². The molecular formula is C14H10F3N5O2S2. The molecule has 0 saturated heterocycles. The summed E-state index contributed by atoms with van der Waals surface area (Å²) in [6.45, 7) is 0. The van der Waals surface area contributed by atoms with Gasteiger partial charge in [-0.3, -0.25) is 9.36 Å². The molecule has 7 nitrogen and oxygen atoms in total. The van der Waals surface area contributed by atoms with Crippen LogP contribution in [0.25, 0.3) is 10.2 Å². The number of fused-ring (bicyclic) bond motifs is 1. The normalized spacial score (nSPS) is 14.1. The Labute approximate surface area is 151 Å². The van der Waals surface area contributed by atoms with Crippen LogP contribution in [-0.4, -0.2) is 31.4 Å². The number of nitrogens with one attached hydrogen (secondary N) is 2. The summed E-state index contributed by atoms with van der Waals surface area (Å²) in [7, 11) is 0. The van der Waals surface area contributed by atoms with Gasteiger partial charge in [-0.2, -0.15) is 0 Å². The fraction of sp³-hybridized carbons (Fsp3) is 0.286. The molecule has 1 saturated carbocycles. The molecule has 1 aliphatic carbocycles. The van der Waals surface area contributed by atoms with Crippen molar-refractivity contribution in [3.05, 3.63) is 34.0 Å². The zero-order valence-corrected chi connectivity index (χ0v) is 14.5. The molecule has 0 spiro atoms. The minimum absolute atomic E-state index is 0.0242. The summed E-state index contributed by atoms with van der Waals surface area (Å²) in [6, 6.07) is 0.942. The van der Waals surface area contributed by atoms with Gasteiger partial charge in [-0.25, -0.2) is 28.0 Å². The van der Waals surface area contributed by atoms with Gasteiger partial charge < -0.3 is 5.32 Å². The molecule has 2 heterocycles. The van der Waals surface area contributed by atoms with Crippen molar-refractivity contribution in [3.8, 4) is 0 Å². The molecule has 12 heteroatoms. The smallest absolute Gasteiger partial charge is 0.301 e. The number of amides is 1. The summed E-state index contributed by atoms with van der Waals surface area (Å²) in [6.07, 6.45) is 1.78. The van der Waals surface area contributed by atoms with Crippen LogP contribution in [0.5, 0.6) is 0 Å². The third-order valence-electron chi connectivity index (χ3n) is 3.68. The predicted octanol–water partition coefficient (Wildman–Crippen LogP) is 2.66. The maximum atomic E-state index is 13.7. The third kappa shape index (κ3) is 3.09. The molecular weight excluding hydrogens is 391 g/mol. The van der Waals surface area contributed by atoms with Crippen LogP contribution in [0, 0.1) is 17.5 Å². The van der Waals surface area contributed by atoms with E-state index in [0.717, 1.165) is 42.0 Å². The average Bonchev–Trinajstić information content (AvgIpc) is 3.25. The van der Waals surface area contributed by atoms with Crippen LogP contribution in [0.15, 0.2) is 16.0 Å². The number of hydrogen-bond acceptors (Lipinski definition) is 6. The van der Waals surface area contributed by atoms with E-state index in [1.165, 1.54) is 4.57 Å². The molecule has 4 rings (SSSR count). The lowest BCUT2D eigenvalue weighted by Crippen LogP contribution is -2.17. The lowest BCUT2D eigenvalue weighted by molar-refractivity contribution is -0.113. The number of anilines is 1. The fourth-order valence-corrected chi connectivity index (χ4v) is 4.08. The first-order valence-corrected chi connectivity index (χ1v) is 9.28. The Hall–Kier alpha value is -2.34. The van der Waals surface area contributed by atoms with Gasteiger partial charge in [-0.1, -0.05) is 23.1 Å². The highest BCUT2D eigenvalue weighted by molar-refractivity contribution is 7.99. The van der Waals surface area contributed by atoms with E-state index in [1.54, 1.807) is 0 Å². The van der Waals surface area contributed by atoms with Crippen LogP contribution < -0.4 is 11.0 Å². The first-order chi connectivity index (χ1) is 12.4. The van der Waals surface area contributed by atoms with Crippen molar-refractivity contribution in [2.45, 2.75) is 24.0 Å². The number of aromatic nitrogens is 4. The zero-order valence-electron chi connectivity index (χ0n) is 12.9. The first-order valence-electron chi connectivity index (χ1n) is 7.47. The molecule has 0 atom stereocenters. The van der Waals surface area contributed by atoms with Crippen molar-refractivity contribution in [3.63, 3.8) is 0 Å². The highest BCUT2D eigenvalue weighted by atomic mass is 32.2. The van der Waals surface area contributed by atoms with Crippen molar-refractivity contribution < 1.29 is 18.0 Å². The summed E-state index contributed by atoms with van der Waals surface area (Å²) in [5.41, 5.74) is -0.659. The van der Waals surface area contributed by atoms with Crippen molar-refractivity contribution in [2.24, 2.45) is 0 Å². The van der Waals surface area contributed by atoms with E-state index in [9.17, 15) is 22.8 Å². The van der Waals surface area contributed by atoms with Crippen LogP contribution in [0.2, 0.25) is 0 Å². The highest BCUT2D eigenvalue weighted by Crippen LogP contribution is 2.36. The SMILES string of the molecule is O=C(CSc1n[nH]c(=O)n1C1CC1)Nc1nc2c(F)c(F)c(F)cc2s1. The Bertz CT molecular complexity index is 1070. The monoisotopic (exact) mass is 401 g/mol. The van der Waals surface area contributed by atoms with Gasteiger partial charge in [0, 0.05) is 6.04 Å². The Balaban J connectivity index is 1.46. The first kappa shape index (κ1) is 17.1. The van der Waals surface area contributed by atoms with Gasteiger partial charge in [0.1, 0.15) is 5.52 Å². The zero-order chi connectivity index (χ0) is 18.4. The van der Waals surface area contributed by atoms with Crippen molar-refractivity contribution in [1.29, 1.82) is 0 Å². The Kier molecular flexibility index (Phi) is 4.23. The molecule has 1 aromatic carbocycles. The van der Waals surface area contributed by atoms with E-state index >= 15 is 0 Å². The quantitative estimate of drug-likeness (QED) is 0.507. The Morgan fingerprint density at radius 2 is 2.15 bits per heavy atom. The second-order valence-electron chi connectivity index (χ2n) is 5.60. The number of H-pyrrole nitrogens is 1. The molecule has 26 heavy (non-hydrogen) atoms. The number of benzene rings is 1. The number of thioether (sulfide) groups is 1. The number of carbonyl (C=O) groups excluding carboxylic acids is 1. The number of carbonyl (C=O) groups is 1. The van der Waals surface area contributed by atoms with Crippen LogP contribution in [-0.2, 0) is 4.79 Å². The van der Waals surface area contributed by atoms with Crippen molar-refractivity contribution in [1.82, 2.24) is 19.7 Å². The Morgan fingerprint density at radius 1 is 1.38 bits per heavy atom. The molecule has 3 aromatic rings. The number of hydrogen-bond donors (Lipinski definition) is 2. The molecule has 0 unspecified atom stereocenters. The van der Waals surface area contributed by atoms with E-state index in [4.69, 9.17) is 0 Å². The van der Waals surface area contributed by atoms with Crippen LogP contribution in [0.1, 0.15) is 18.9 Å². The van der Waals surface area contributed by atoms with Crippen LogP contribution >= 0.6 is 23.1 Å². The molecule has 0 aliphatic heterocycles. The van der Waals surface area contributed by atoms with E-state index in [-0.39, 0.29) is 32.8 Å². The molecule has 0 radical (unpaired) electrons. The largest absolute Gasteiger partial charge is 0.344 e. The summed E-state index contributed by atoms with van der Waals surface area (Å²) in [5, 5.41) is 9.12.